The molecule has 0 saturated carbocycles. The van der Waals surface area contributed by atoms with E-state index in [0.29, 0.717) is 36.5 Å². The standard InChI is InChI=1S/C17H24ClNO4/c1-2-14(19-23-7-3-6-18)17-15(20)10-13(11-16(17)21)12-4-8-22-9-5-12/h3,6,12-13,20H,2,4-5,7-11H2,1H3/b6-3+,19-14-. The third-order valence-corrected chi connectivity index (χ3v) is 4.64. The summed E-state index contributed by atoms with van der Waals surface area (Å²) < 4.78 is 5.38. The molecule has 1 atom stereocenters. The molecule has 0 spiro atoms. The molecule has 1 unspecified atom stereocenters. The first kappa shape index (κ1) is 18.0. The summed E-state index contributed by atoms with van der Waals surface area (Å²) in [6, 6.07) is 0. The Morgan fingerprint density at radius 3 is 2.74 bits per heavy atom. The van der Waals surface area contributed by atoms with Crippen molar-refractivity contribution in [2.24, 2.45) is 17.0 Å². The average Bonchev–Trinajstić information content (AvgIpc) is 2.57. The van der Waals surface area contributed by atoms with Crippen LogP contribution in [0.5, 0.6) is 0 Å². The molecule has 1 heterocycles. The minimum absolute atomic E-state index is 0.0395. The third kappa shape index (κ3) is 4.82. The molecular formula is C17H24ClNO4. The van der Waals surface area contributed by atoms with Crippen LogP contribution in [0.15, 0.2) is 28.1 Å². The second kappa shape index (κ2) is 9.08. The number of carbonyl (C=O) groups excluding carboxylic acids is 1. The summed E-state index contributed by atoms with van der Waals surface area (Å²) >= 11 is 5.41. The van der Waals surface area contributed by atoms with Crippen LogP contribution in [-0.2, 0) is 14.4 Å². The number of aliphatic hydroxyl groups excluding tert-OH is 1. The van der Waals surface area contributed by atoms with Crippen LogP contribution in [0.3, 0.4) is 0 Å². The summed E-state index contributed by atoms with van der Waals surface area (Å²) in [5.74, 6) is 0.758. The van der Waals surface area contributed by atoms with Crippen LogP contribution in [0.1, 0.15) is 39.0 Å². The summed E-state index contributed by atoms with van der Waals surface area (Å²) in [5, 5.41) is 14.4. The molecule has 1 fully saturated rings. The Morgan fingerprint density at radius 1 is 1.39 bits per heavy atom. The van der Waals surface area contributed by atoms with E-state index >= 15 is 0 Å². The number of Topliss-reactive ketones (excluding diaryl/α,β-unsaturated/α-hetero) is 1. The number of rotatable bonds is 6. The lowest BCUT2D eigenvalue weighted by atomic mass is 9.75. The monoisotopic (exact) mass is 341 g/mol. The van der Waals surface area contributed by atoms with Gasteiger partial charge < -0.3 is 14.7 Å². The summed E-state index contributed by atoms with van der Waals surface area (Å²) in [4.78, 5) is 17.6. The second-order valence-electron chi connectivity index (χ2n) is 5.91. The predicted octanol–water partition coefficient (Wildman–Crippen LogP) is 3.74. The van der Waals surface area contributed by atoms with E-state index in [2.05, 4.69) is 5.16 Å². The molecule has 5 nitrogen and oxygen atoms in total. The van der Waals surface area contributed by atoms with Crippen molar-refractivity contribution in [3.8, 4) is 0 Å². The van der Waals surface area contributed by atoms with Crippen molar-refractivity contribution >= 4 is 23.1 Å². The Morgan fingerprint density at radius 2 is 2.13 bits per heavy atom. The fourth-order valence-corrected chi connectivity index (χ4v) is 3.33. The average molecular weight is 342 g/mol. The zero-order chi connectivity index (χ0) is 16.7. The fourth-order valence-electron chi connectivity index (χ4n) is 3.25. The molecule has 6 heteroatoms. The molecular weight excluding hydrogens is 318 g/mol. The first-order valence-corrected chi connectivity index (χ1v) is 8.58. The molecule has 23 heavy (non-hydrogen) atoms. The number of hydrogen-bond donors (Lipinski definition) is 1. The van der Waals surface area contributed by atoms with Gasteiger partial charge in [-0.15, -0.1) is 0 Å². The summed E-state index contributed by atoms with van der Waals surface area (Å²) in [5.41, 5.74) is 2.19. The second-order valence-corrected chi connectivity index (χ2v) is 6.16. The first-order valence-electron chi connectivity index (χ1n) is 8.14. The van der Waals surface area contributed by atoms with E-state index in [1.807, 2.05) is 6.92 Å². The lowest BCUT2D eigenvalue weighted by molar-refractivity contribution is -0.117. The van der Waals surface area contributed by atoms with Crippen molar-refractivity contribution in [3.63, 3.8) is 0 Å². The van der Waals surface area contributed by atoms with Gasteiger partial charge >= 0.3 is 0 Å². The van der Waals surface area contributed by atoms with Crippen LogP contribution in [0.2, 0.25) is 0 Å². The molecule has 1 aliphatic carbocycles. The van der Waals surface area contributed by atoms with Crippen LogP contribution < -0.4 is 0 Å². The van der Waals surface area contributed by atoms with Gasteiger partial charge in [-0.05, 0) is 37.2 Å². The molecule has 128 valence electrons. The Hall–Kier alpha value is -1.33. The Bertz CT molecular complexity index is 507. The number of aliphatic hydroxyl groups is 1. The highest BCUT2D eigenvalue weighted by molar-refractivity contribution is 6.25. The molecule has 1 N–H and O–H groups in total. The van der Waals surface area contributed by atoms with Crippen molar-refractivity contribution in [1.82, 2.24) is 0 Å². The van der Waals surface area contributed by atoms with Gasteiger partial charge in [0.2, 0.25) is 0 Å². The SMILES string of the molecule is CC/C(=N/OC/C=C/Cl)C1=C(O)CC(C2CCOCC2)CC1=O. The van der Waals surface area contributed by atoms with Crippen LogP contribution >= 0.6 is 11.6 Å². The minimum Gasteiger partial charge on any atom is -0.511 e. The van der Waals surface area contributed by atoms with E-state index in [-0.39, 0.29) is 24.1 Å². The van der Waals surface area contributed by atoms with Crippen molar-refractivity contribution < 1.29 is 19.5 Å². The highest BCUT2D eigenvalue weighted by Gasteiger charge is 2.34. The lowest BCUT2D eigenvalue weighted by Gasteiger charge is -2.32. The van der Waals surface area contributed by atoms with Crippen LogP contribution in [0.4, 0.5) is 0 Å². The van der Waals surface area contributed by atoms with Gasteiger partial charge in [0, 0.05) is 31.6 Å². The van der Waals surface area contributed by atoms with Crippen LogP contribution in [0.25, 0.3) is 0 Å². The van der Waals surface area contributed by atoms with Crippen LogP contribution in [0, 0.1) is 11.8 Å². The smallest absolute Gasteiger partial charge is 0.168 e. The molecule has 2 rings (SSSR count). The zero-order valence-electron chi connectivity index (χ0n) is 13.5. The number of ketones is 1. The quantitative estimate of drug-likeness (QED) is 0.454. The van der Waals surface area contributed by atoms with Crippen molar-refractivity contribution in [2.75, 3.05) is 19.8 Å². The molecule has 0 aromatic carbocycles. The number of allylic oxidation sites excluding steroid dienone is 2. The van der Waals surface area contributed by atoms with Crippen molar-refractivity contribution in [1.29, 1.82) is 0 Å². The Labute approximate surface area is 142 Å². The number of carbonyl (C=O) groups is 1. The predicted molar refractivity (Wildman–Crippen MR) is 89.6 cm³/mol. The van der Waals surface area contributed by atoms with E-state index in [0.717, 1.165) is 26.1 Å². The third-order valence-electron chi connectivity index (χ3n) is 4.46. The molecule has 0 aromatic rings. The van der Waals surface area contributed by atoms with Gasteiger partial charge in [0.15, 0.2) is 5.78 Å². The van der Waals surface area contributed by atoms with E-state index in [9.17, 15) is 9.90 Å². The number of halogens is 1. The normalized spacial score (nSPS) is 24.5. The van der Waals surface area contributed by atoms with Crippen LogP contribution in [-0.4, -0.2) is 36.4 Å². The summed E-state index contributed by atoms with van der Waals surface area (Å²) in [6.07, 6.45) is 5.05. The molecule has 1 aliphatic heterocycles. The highest BCUT2D eigenvalue weighted by Crippen LogP contribution is 2.36. The summed E-state index contributed by atoms with van der Waals surface area (Å²) in [6.45, 7) is 3.62. The number of ether oxygens (including phenoxy) is 1. The summed E-state index contributed by atoms with van der Waals surface area (Å²) in [7, 11) is 0. The van der Waals surface area contributed by atoms with E-state index < -0.39 is 0 Å². The highest BCUT2D eigenvalue weighted by atomic mass is 35.5. The van der Waals surface area contributed by atoms with Gasteiger partial charge in [-0.3, -0.25) is 4.79 Å². The Balaban J connectivity index is 2.09. The molecule has 0 bridgehead atoms. The largest absolute Gasteiger partial charge is 0.511 e. The first-order chi connectivity index (χ1) is 11.2. The molecule has 0 amide bonds. The topological polar surface area (TPSA) is 68.1 Å². The minimum atomic E-state index is -0.0395. The van der Waals surface area contributed by atoms with Crippen molar-refractivity contribution in [2.45, 2.75) is 39.0 Å². The van der Waals surface area contributed by atoms with Gasteiger partial charge in [-0.1, -0.05) is 23.7 Å². The number of hydrogen-bond acceptors (Lipinski definition) is 5. The maximum absolute atomic E-state index is 12.5. The molecule has 0 aromatic heterocycles. The van der Waals surface area contributed by atoms with Gasteiger partial charge in [-0.25, -0.2) is 0 Å². The zero-order valence-corrected chi connectivity index (χ0v) is 14.2. The van der Waals surface area contributed by atoms with Gasteiger partial charge in [0.25, 0.3) is 0 Å². The Kier molecular flexibility index (Phi) is 7.12. The van der Waals surface area contributed by atoms with Gasteiger partial charge in [0.1, 0.15) is 12.4 Å². The fraction of sp³-hybridized carbons (Fsp3) is 0.647. The number of oxime groups is 1. The molecule has 1 saturated heterocycles. The van der Waals surface area contributed by atoms with Gasteiger partial charge in [-0.2, -0.15) is 0 Å². The van der Waals surface area contributed by atoms with E-state index in [1.54, 1.807) is 6.08 Å². The molecule has 0 radical (unpaired) electrons. The van der Waals surface area contributed by atoms with E-state index in [4.69, 9.17) is 21.2 Å². The maximum Gasteiger partial charge on any atom is 0.168 e. The number of nitrogens with zero attached hydrogens (tertiary/aromatic N) is 1. The maximum atomic E-state index is 12.5. The van der Waals surface area contributed by atoms with Gasteiger partial charge in [0.05, 0.1) is 11.3 Å². The van der Waals surface area contributed by atoms with Crippen molar-refractivity contribution in [3.05, 3.63) is 22.9 Å². The van der Waals surface area contributed by atoms with E-state index in [1.165, 1.54) is 5.54 Å². The molecule has 2 aliphatic rings. The lowest BCUT2D eigenvalue weighted by Crippen LogP contribution is -2.31.